The minimum Gasteiger partial charge on any atom is -0.336 e. The minimum atomic E-state index is -4.41. The van der Waals surface area contributed by atoms with Crippen molar-refractivity contribution in [3.8, 4) is 0 Å². The number of fused-ring (bicyclic) bond motifs is 1. The third-order valence-corrected chi connectivity index (χ3v) is 5.53. The van der Waals surface area contributed by atoms with Crippen molar-refractivity contribution >= 4 is 11.8 Å². The van der Waals surface area contributed by atoms with E-state index in [1.807, 2.05) is 11.8 Å². The summed E-state index contributed by atoms with van der Waals surface area (Å²) in [6.45, 7) is 0.662. The van der Waals surface area contributed by atoms with Gasteiger partial charge in [-0.1, -0.05) is 12.8 Å². The lowest BCUT2D eigenvalue weighted by Crippen LogP contribution is -2.46. The maximum atomic E-state index is 12.8. The number of nitrogens with zero attached hydrogens (tertiary/aromatic N) is 2. The molecule has 2 heterocycles. The lowest BCUT2D eigenvalue weighted by molar-refractivity contribution is -0.157. The van der Waals surface area contributed by atoms with E-state index in [0.29, 0.717) is 5.92 Å². The molecule has 0 unspecified atom stereocenters. The molecule has 4 atom stereocenters. The molecule has 3 rings (SSSR count). The van der Waals surface area contributed by atoms with Crippen LogP contribution in [0.15, 0.2) is 0 Å². The summed E-state index contributed by atoms with van der Waals surface area (Å²) < 4.78 is 37.5. The van der Waals surface area contributed by atoms with E-state index in [4.69, 9.17) is 0 Å². The van der Waals surface area contributed by atoms with Crippen LogP contribution in [0.25, 0.3) is 0 Å². The zero-order valence-corrected chi connectivity index (χ0v) is 13.3. The molecule has 0 radical (unpaired) electrons. The summed E-state index contributed by atoms with van der Waals surface area (Å²) in [4.78, 5) is 27.3. The van der Waals surface area contributed by atoms with Gasteiger partial charge in [0.1, 0.15) is 6.54 Å². The Morgan fingerprint density at radius 2 is 1.96 bits per heavy atom. The number of amides is 2. The molecule has 1 saturated carbocycles. The topological polar surface area (TPSA) is 40.6 Å². The number of likely N-dealkylation sites (tertiary alicyclic amines) is 2. The van der Waals surface area contributed by atoms with E-state index >= 15 is 0 Å². The largest absolute Gasteiger partial charge is 0.406 e. The molecule has 0 bridgehead atoms. The number of hydrogen-bond donors (Lipinski definition) is 0. The summed E-state index contributed by atoms with van der Waals surface area (Å²) in [5.41, 5.74) is 0. The number of carbonyl (C=O) groups is 2. The Hall–Kier alpha value is -1.27. The highest BCUT2D eigenvalue weighted by molar-refractivity contribution is 5.89. The Bertz CT molecular complexity index is 494. The molecule has 0 aromatic carbocycles. The van der Waals surface area contributed by atoms with Crippen LogP contribution in [0, 0.1) is 11.8 Å². The molecule has 2 saturated heterocycles. The number of carbonyl (C=O) groups excluding carboxylic acids is 2. The third kappa shape index (κ3) is 3.33. The van der Waals surface area contributed by atoms with E-state index < -0.39 is 24.5 Å². The molecule has 130 valence electrons. The van der Waals surface area contributed by atoms with Gasteiger partial charge in [-0.15, -0.1) is 0 Å². The zero-order valence-electron chi connectivity index (χ0n) is 13.3. The van der Waals surface area contributed by atoms with Gasteiger partial charge in [0.15, 0.2) is 0 Å². The maximum Gasteiger partial charge on any atom is 0.406 e. The quantitative estimate of drug-likeness (QED) is 0.780. The van der Waals surface area contributed by atoms with Gasteiger partial charge in [0, 0.05) is 25.0 Å². The van der Waals surface area contributed by atoms with Crippen molar-refractivity contribution in [3.05, 3.63) is 0 Å². The van der Waals surface area contributed by atoms with Crippen molar-refractivity contribution in [1.82, 2.24) is 9.80 Å². The number of alkyl halides is 3. The number of rotatable bonds is 2. The van der Waals surface area contributed by atoms with E-state index in [2.05, 4.69) is 0 Å². The average molecular weight is 332 g/mol. The standard InChI is InChI=1S/C16H23F3N2O2/c1-10-6-11-4-2-3-5-13(11)21(10)15(23)12-7-14(22)20(8-12)9-16(17,18)19/h10-13H,2-9H2,1H3/t10-,11+,12+,13+/m1/s1. The highest BCUT2D eigenvalue weighted by Crippen LogP contribution is 2.41. The van der Waals surface area contributed by atoms with E-state index in [1.54, 1.807) is 0 Å². The van der Waals surface area contributed by atoms with Gasteiger partial charge in [-0.2, -0.15) is 13.2 Å². The van der Waals surface area contributed by atoms with Gasteiger partial charge in [0.05, 0.1) is 5.92 Å². The lowest BCUT2D eigenvalue weighted by Gasteiger charge is -2.34. The van der Waals surface area contributed by atoms with Crippen LogP contribution < -0.4 is 0 Å². The average Bonchev–Trinajstić information content (AvgIpc) is 2.96. The van der Waals surface area contributed by atoms with Gasteiger partial charge in [-0.25, -0.2) is 0 Å². The Morgan fingerprint density at radius 3 is 2.65 bits per heavy atom. The van der Waals surface area contributed by atoms with Crippen molar-refractivity contribution in [2.45, 2.75) is 63.7 Å². The predicted molar refractivity (Wildman–Crippen MR) is 77.4 cm³/mol. The molecule has 2 aliphatic heterocycles. The second kappa shape index (κ2) is 5.98. The smallest absolute Gasteiger partial charge is 0.336 e. The van der Waals surface area contributed by atoms with Crippen LogP contribution in [0.4, 0.5) is 13.2 Å². The first-order valence-corrected chi connectivity index (χ1v) is 8.43. The van der Waals surface area contributed by atoms with Crippen molar-refractivity contribution in [1.29, 1.82) is 0 Å². The van der Waals surface area contributed by atoms with Gasteiger partial charge in [-0.05, 0) is 32.1 Å². The fourth-order valence-electron chi connectivity index (χ4n) is 4.61. The molecule has 1 aliphatic carbocycles. The fourth-order valence-corrected chi connectivity index (χ4v) is 4.61. The molecule has 3 aliphatic rings. The summed E-state index contributed by atoms with van der Waals surface area (Å²) in [5, 5.41) is 0. The normalized spacial score (nSPS) is 34.9. The van der Waals surface area contributed by atoms with E-state index in [1.165, 1.54) is 6.42 Å². The molecule has 0 spiro atoms. The second-order valence-corrected chi connectivity index (χ2v) is 7.23. The van der Waals surface area contributed by atoms with Crippen molar-refractivity contribution < 1.29 is 22.8 Å². The zero-order chi connectivity index (χ0) is 16.8. The van der Waals surface area contributed by atoms with Crippen molar-refractivity contribution in [3.63, 3.8) is 0 Å². The fraction of sp³-hybridized carbons (Fsp3) is 0.875. The van der Waals surface area contributed by atoms with E-state index in [0.717, 1.165) is 30.6 Å². The van der Waals surface area contributed by atoms with Crippen molar-refractivity contribution in [2.24, 2.45) is 11.8 Å². The Morgan fingerprint density at radius 1 is 1.26 bits per heavy atom. The van der Waals surface area contributed by atoms with E-state index in [-0.39, 0.29) is 31.0 Å². The van der Waals surface area contributed by atoms with Gasteiger partial charge in [-0.3, -0.25) is 9.59 Å². The van der Waals surface area contributed by atoms with Crippen LogP contribution in [0.5, 0.6) is 0 Å². The molecule has 0 aromatic heterocycles. The summed E-state index contributed by atoms with van der Waals surface area (Å²) in [6.07, 6.45) is 0.872. The molecule has 23 heavy (non-hydrogen) atoms. The van der Waals surface area contributed by atoms with Gasteiger partial charge >= 0.3 is 6.18 Å². The van der Waals surface area contributed by atoms with Gasteiger partial charge in [0.25, 0.3) is 0 Å². The first-order valence-electron chi connectivity index (χ1n) is 8.43. The molecule has 0 N–H and O–H groups in total. The summed E-state index contributed by atoms with van der Waals surface area (Å²) in [5.74, 6) is -0.781. The highest BCUT2D eigenvalue weighted by Gasteiger charge is 2.47. The number of halogens is 3. The van der Waals surface area contributed by atoms with E-state index in [9.17, 15) is 22.8 Å². The Balaban J connectivity index is 1.67. The molecule has 7 heteroatoms. The predicted octanol–water partition coefficient (Wildman–Crippen LogP) is 2.58. The van der Waals surface area contributed by atoms with Crippen molar-refractivity contribution in [2.75, 3.05) is 13.1 Å². The van der Waals surface area contributed by atoms with Gasteiger partial charge < -0.3 is 9.80 Å². The molecule has 0 aromatic rings. The molecule has 4 nitrogen and oxygen atoms in total. The summed E-state index contributed by atoms with van der Waals surface area (Å²) in [7, 11) is 0. The maximum absolute atomic E-state index is 12.8. The molecular formula is C16H23F3N2O2. The molecular weight excluding hydrogens is 309 g/mol. The van der Waals surface area contributed by atoms with Crippen LogP contribution in [-0.2, 0) is 9.59 Å². The third-order valence-electron chi connectivity index (χ3n) is 5.53. The first kappa shape index (κ1) is 16.6. The molecule has 2 amide bonds. The second-order valence-electron chi connectivity index (χ2n) is 7.23. The minimum absolute atomic E-state index is 0.0878. The van der Waals surface area contributed by atoms with Crippen LogP contribution in [0.3, 0.4) is 0 Å². The number of hydrogen-bond acceptors (Lipinski definition) is 2. The van der Waals surface area contributed by atoms with Crippen LogP contribution >= 0.6 is 0 Å². The SMILES string of the molecule is C[C@@H]1C[C@@H]2CCCC[C@@H]2N1C(=O)[C@H]1CC(=O)N(CC(F)(F)F)C1. The lowest BCUT2D eigenvalue weighted by atomic mass is 9.84. The monoisotopic (exact) mass is 332 g/mol. The summed E-state index contributed by atoms with van der Waals surface area (Å²) >= 11 is 0. The van der Waals surface area contributed by atoms with Gasteiger partial charge in [0.2, 0.25) is 11.8 Å². The first-order chi connectivity index (χ1) is 10.8. The van der Waals surface area contributed by atoms with Crippen LogP contribution in [0.2, 0.25) is 0 Å². The Labute approximate surface area is 134 Å². The molecule has 3 fully saturated rings. The van der Waals surface area contributed by atoms with Crippen LogP contribution in [-0.4, -0.2) is 53.0 Å². The van der Waals surface area contributed by atoms with Crippen LogP contribution in [0.1, 0.15) is 45.4 Å². The Kier molecular flexibility index (Phi) is 4.31. The highest BCUT2D eigenvalue weighted by atomic mass is 19.4. The summed E-state index contributed by atoms with van der Waals surface area (Å²) in [6, 6.07) is 0.348.